The zero-order valence-corrected chi connectivity index (χ0v) is 15.4. The fraction of sp³-hybridized carbons (Fsp3) is 0.208. The van der Waals surface area contributed by atoms with Gasteiger partial charge in [0.2, 0.25) is 5.91 Å². The lowest BCUT2D eigenvalue weighted by atomic mass is 9.90. The molecule has 3 heteroatoms. The second kappa shape index (κ2) is 8.09. The smallest absolute Gasteiger partial charge is 0.243 e. The molecule has 4 rings (SSSR count). The molecule has 0 fully saturated rings. The summed E-state index contributed by atoms with van der Waals surface area (Å²) in [5.41, 5.74) is 6.86. The maximum absolute atomic E-state index is 12.6. The minimum absolute atomic E-state index is 0.0354. The summed E-state index contributed by atoms with van der Waals surface area (Å²) in [6, 6.07) is 24.4. The maximum Gasteiger partial charge on any atom is 0.243 e. The van der Waals surface area contributed by atoms with Crippen LogP contribution in [-0.4, -0.2) is 12.5 Å². The summed E-state index contributed by atoms with van der Waals surface area (Å²) < 4.78 is 0. The molecule has 0 aromatic heterocycles. The molecular weight excluding hydrogens is 332 g/mol. The van der Waals surface area contributed by atoms with Gasteiger partial charge < -0.3 is 10.6 Å². The number of aryl methyl sites for hydroxylation is 1. The van der Waals surface area contributed by atoms with Gasteiger partial charge in [0.15, 0.2) is 0 Å². The summed E-state index contributed by atoms with van der Waals surface area (Å²) in [7, 11) is 0. The molecule has 0 radical (unpaired) electrons. The van der Waals surface area contributed by atoms with Crippen molar-refractivity contribution >= 4 is 17.3 Å². The van der Waals surface area contributed by atoms with E-state index in [1.165, 1.54) is 24.0 Å². The summed E-state index contributed by atoms with van der Waals surface area (Å²) in [6.45, 7) is 0.263. The van der Waals surface area contributed by atoms with Crippen LogP contribution in [0.3, 0.4) is 0 Å². The Morgan fingerprint density at radius 3 is 2.41 bits per heavy atom. The molecule has 3 aromatic rings. The first kappa shape index (κ1) is 17.3. The van der Waals surface area contributed by atoms with E-state index in [-0.39, 0.29) is 12.5 Å². The molecule has 0 unspecified atom stereocenters. The molecule has 0 bridgehead atoms. The molecule has 0 atom stereocenters. The monoisotopic (exact) mass is 356 g/mol. The third kappa shape index (κ3) is 4.03. The Labute approximate surface area is 160 Å². The largest absolute Gasteiger partial charge is 0.376 e. The van der Waals surface area contributed by atoms with Gasteiger partial charge in [0, 0.05) is 16.9 Å². The van der Waals surface area contributed by atoms with E-state index in [4.69, 9.17) is 0 Å². The predicted molar refractivity (Wildman–Crippen MR) is 112 cm³/mol. The molecular formula is C24H24N2O. The number of benzene rings is 3. The lowest BCUT2D eigenvalue weighted by Gasteiger charge is -2.20. The second-order valence-electron chi connectivity index (χ2n) is 6.96. The van der Waals surface area contributed by atoms with Crippen molar-refractivity contribution in [3.8, 4) is 11.1 Å². The number of para-hydroxylation sites is 1. The number of rotatable bonds is 5. The standard InChI is InChI=1S/C24H24N2O/c27-24(17-25-22-16-8-12-19-11-4-5-13-20(19)22)26-23-15-7-6-14-21(23)18-9-2-1-3-10-18/h1-3,6-10,12,14-16,25H,4-5,11,13,17H2,(H,26,27). The Kier molecular flexibility index (Phi) is 5.20. The molecule has 3 aromatic carbocycles. The third-order valence-corrected chi connectivity index (χ3v) is 5.12. The van der Waals surface area contributed by atoms with Gasteiger partial charge in [-0.2, -0.15) is 0 Å². The van der Waals surface area contributed by atoms with E-state index >= 15 is 0 Å². The summed E-state index contributed by atoms with van der Waals surface area (Å²) in [6.07, 6.45) is 4.72. The fourth-order valence-electron chi connectivity index (χ4n) is 3.78. The van der Waals surface area contributed by atoms with E-state index in [1.54, 1.807) is 0 Å². The van der Waals surface area contributed by atoms with Gasteiger partial charge in [0.05, 0.1) is 6.54 Å². The number of hydrogen-bond acceptors (Lipinski definition) is 2. The predicted octanol–water partition coefficient (Wildman–Crippen LogP) is 5.28. The van der Waals surface area contributed by atoms with Crippen molar-refractivity contribution in [2.45, 2.75) is 25.7 Å². The zero-order valence-electron chi connectivity index (χ0n) is 15.4. The van der Waals surface area contributed by atoms with Crippen LogP contribution in [0.5, 0.6) is 0 Å². The van der Waals surface area contributed by atoms with Crippen molar-refractivity contribution in [3.63, 3.8) is 0 Å². The van der Waals surface area contributed by atoms with Crippen LogP contribution in [0.1, 0.15) is 24.0 Å². The average Bonchev–Trinajstić information content (AvgIpc) is 2.73. The molecule has 1 amide bonds. The number of amides is 1. The van der Waals surface area contributed by atoms with Gasteiger partial charge in [-0.15, -0.1) is 0 Å². The number of carbonyl (C=O) groups excluding carboxylic acids is 1. The van der Waals surface area contributed by atoms with Gasteiger partial charge in [0.25, 0.3) is 0 Å². The van der Waals surface area contributed by atoms with Gasteiger partial charge >= 0.3 is 0 Å². The van der Waals surface area contributed by atoms with Crippen LogP contribution in [0.4, 0.5) is 11.4 Å². The van der Waals surface area contributed by atoms with Crippen LogP contribution >= 0.6 is 0 Å². The van der Waals surface area contributed by atoms with Crippen LogP contribution in [0.2, 0.25) is 0 Å². The molecule has 3 nitrogen and oxygen atoms in total. The highest BCUT2D eigenvalue weighted by Gasteiger charge is 2.14. The van der Waals surface area contributed by atoms with E-state index in [1.807, 2.05) is 42.5 Å². The SMILES string of the molecule is O=C(CNc1cccc2c1CCCC2)Nc1ccccc1-c1ccccc1. The Balaban J connectivity index is 1.46. The normalized spacial score (nSPS) is 12.9. The van der Waals surface area contributed by atoms with E-state index in [0.717, 1.165) is 35.3 Å². The number of carbonyl (C=O) groups is 1. The average molecular weight is 356 g/mol. The van der Waals surface area contributed by atoms with Crippen LogP contribution in [-0.2, 0) is 17.6 Å². The second-order valence-corrected chi connectivity index (χ2v) is 6.96. The summed E-state index contributed by atoms with van der Waals surface area (Å²) in [5, 5.41) is 6.40. The maximum atomic E-state index is 12.6. The van der Waals surface area contributed by atoms with Gasteiger partial charge in [-0.1, -0.05) is 60.7 Å². The molecule has 136 valence electrons. The van der Waals surface area contributed by atoms with Crippen LogP contribution in [0.25, 0.3) is 11.1 Å². The van der Waals surface area contributed by atoms with Crippen LogP contribution in [0, 0.1) is 0 Å². The van der Waals surface area contributed by atoms with Gasteiger partial charge in [-0.3, -0.25) is 4.79 Å². The lowest BCUT2D eigenvalue weighted by Crippen LogP contribution is -2.23. The van der Waals surface area contributed by atoms with Crippen molar-refractivity contribution in [2.24, 2.45) is 0 Å². The van der Waals surface area contributed by atoms with Crippen molar-refractivity contribution in [2.75, 3.05) is 17.2 Å². The molecule has 2 N–H and O–H groups in total. The summed E-state index contributed by atoms with van der Waals surface area (Å²) in [5.74, 6) is -0.0354. The van der Waals surface area contributed by atoms with Crippen molar-refractivity contribution in [1.29, 1.82) is 0 Å². The number of fused-ring (bicyclic) bond motifs is 1. The first-order chi connectivity index (χ1) is 13.3. The highest BCUT2D eigenvalue weighted by molar-refractivity contribution is 5.97. The van der Waals surface area contributed by atoms with Crippen molar-refractivity contribution in [3.05, 3.63) is 83.9 Å². The topological polar surface area (TPSA) is 41.1 Å². The quantitative estimate of drug-likeness (QED) is 0.653. The van der Waals surface area contributed by atoms with E-state index in [9.17, 15) is 4.79 Å². The molecule has 0 saturated carbocycles. The highest BCUT2D eigenvalue weighted by atomic mass is 16.1. The minimum atomic E-state index is -0.0354. The molecule has 27 heavy (non-hydrogen) atoms. The Hall–Kier alpha value is -3.07. The number of hydrogen-bond donors (Lipinski definition) is 2. The fourth-order valence-corrected chi connectivity index (χ4v) is 3.78. The molecule has 1 aliphatic carbocycles. The van der Waals surface area contributed by atoms with Gasteiger partial charge in [-0.25, -0.2) is 0 Å². The van der Waals surface area contributed by atoms with Crippen LogP contribution in [0.15, 0.2) is 72.8 Å². The van der Waals surface area contributed by atoms with Crippen molar-refractivity contribution < 1.29 is 4.79 Å². The first-order valence-electron chi connectivity index (χ1n) is 9.60. The van der Waals surface area contributed by atoms with Gasteiger partial charge in [-0.05, 0) is 54.5 Å². The van der Waals surface area contributed by atoms with E-state index < -0.39 is 0 Å². The summed E-state index contributed by atoms with van der Waals surface area (Å²) >= 11 is 0. The molecule has 1 aliphatic rings. The molecule has 0 saturated heterocycles. The number of anilines is 2. The number of nitrogens with one attached hydrogen (secondary N) is 2. The van der Waals surface area contributed by atoms with Crippen LogP contribution < -0.4 is 10.6 Å². The van der Waals surface area contributed by atoms with Crippen molar-refractivity contribution in [1.82, 2.24) is 0 Å². The summed E-state index contributed by atoms with van der Waals surface area (Å²) in [4.78, 5) is 12.6. The molecule has 0 spiro atoms. The minimum Gasteiger partial charge on any atom is -0.376 e. The zero-order chi connectivity index (χ0) is 18.5. The Bertz CT molecular complexity index is 934. The van der Waals surface area contributed by atoms with E-state index in [0.29, 0.717) is 0 Å². The Morgan fingerprint density at radius 1 is 0.778 bits per heavy atom. The third-order valence-electron chi connectivity index (χ3n) is 5.12. The molecule has 0 heterocycles. The lowest BCUT2D eigenvalue weighted by molar-refractivity contribution is -0.114. The Morgan fingerprint density at radius 2 is 1.52 bits per heavy atom. The first-order valence-corrected chi connectivity index (χ1v) is 9.60. The highest BCUT2D eigenvalue weighted by Crippen LogP contribution is 2.29. The van der Waals surface area contributed by atoms with Gasteiger partial charge in [0.1, 0.15) is 0 Å². The molecule has 0 aliphatic heterocycles. The van der Waals surface area contributed by atoms with E-state index in [2.05, 4.69) is 41.0 Å².